The van der Waals surface area contributed by atoms with E-state index in [-0.39, 0.29) is 11.3 Å². The van der Waals surface area contributed by atoms with E-state index in [4.69, 9.17) is 14.2 Å². The Balaban J connectivity index is 1.84. The molecule has 8 heteroatoms. The third-order valence-electron chi connectivity index (χ3n) is 6.67. The van der Waals surface area contributed by atoms with Gasteiger partial charge in [-0.15, -0.1) is 0 Å². The molecule has 1 aliphatic heterocycles. The Morgan fingerprint density at radius 1 is 0.947 bits per heavy atom. The molecule has 8 nitrogen and oxygen atoms in total. The average molecular weight is 519 g/mol. The number of carbonyl (C=O) groups is 2. The maximum absolute atomic E-state index is 13.4. The number of methoxy groups -OCH3 is 2. The molecule has 38 heavy (non-hydrogen) atoms. The maximum atomic E-state index is 13.4. The number of hydrogen-bond acceptors (Lipinski definition) is 7. The lowest BCUT2D eigenvalue weighted by Gasteiger charge is -2.26. The van der Waals surface area contributed by atoms with Crippen LogP contribution in [0.5, 0.6) is 17.2 Å². The van der Waals surface area contributed by atoms with Crippen molar-refractivity contribution in [3.05, 3.63) is 71.3 Å². The molecule has 0 bridgehead atoms. The third kappa shape index (κ3) is 5.31. The molecule has 3 aromatic rings. The summed E-state index contributed by atoms with van der Waals surface area (Å²) >= 11 is 0. The summed E-state index contributed by atoms with van der Waals surface area (Å²) in [7, 11) is 7.06. The zero-order valence-electron chi connectivity index (χ0n) is 22.5. The summed E-state index contributed by atoms with van der Waals surface area (Å²) in [5, 5.41) is 13.3. The van der Waals surface area contributed by atoms with Crippen LogP contribution in [0.4, 0.5) is 0 Å². The van der Waals surface area contributed by atoms with Gasteiger partial charge in [-0.1, -0.05) is 24.3 Å². The highest BCUT2D eigenvalue weighted by Crippen LogP contribution is 2.42. The second-order valence-corrected chi connectivity index (χ2v) is 9.42. The van der Waals surface area contributed by atoms with Gasteiger partial charge in [0.15, 0.2) is 11.5 Å². The van der Waals surface area contributed by atoms with Crippen LogP contribution < -0.4 is 14.2 Å². The largest absolute Gasteiger partial charge is 0.507 e. The molecule has 0 saturated carbocycles. The van der Waals surface area contributed by atoms with Crippen molar-refractivity contribution < 1.29 is 28.9 Å². The first-order valence-corrected chi connectivity index (χ1v) is 12.6. The van der Waals surface area contributed by atoms with Crippen molar-refractivity contribution in [3.8, 4) is 17.2 Å². The number of Topliss-reactive ketones (excluding diaryl/α,β-unsaturated/α-hetero) is 1. The van der Waals surface area contributed by atoms with Crippen LogP contribution in [-0.4, -0.2) is 74.6 Å². The fourth-order valence-corrected chi connectivity index (χ4v) is 4.80. The van der Waals surface area contributed by atoms with E-state index < -0.39 is 17.7 Å². The molecule has 1 aliphatic rings. The van der Waals surface area contributed by atoms with Crippen molar-refractivity contribution in [2.45, 2.75) is 19.4 Å². The predicted octanol–water partition coefficient (Wildman–Crippen LogP) is 4.63. The smallest absolute Gasteiger partial charge is 0.295 e. The van der Waals surface area contributed by atoms with Crippen molar-refractivity contribution in [3.63, 3.8) is 0 Å². The summed E-state index contributed by atoms with van der Waals surface area (Å²) in [6, 6.07) is 15.6. The van der Waals surface area contributed by atoms with Crippen LogP contribution in [0.15, 0.2) is 60.2 Å². The van der Waals surface area contributed by atoms with Crippen molar-refractivity contribution in [1.29, 1.82) is 0 Å². The number of aliphatic hydroxyl groups excluding tert-OH is 1. The monoisotopic (exact) mass is 518 g/mol. The molecule has 3 aromatic carbocycles. The van der Waals surface area contributed by atoms with E-state index in [1.165, 1.54) is 0 Å². The van der Waals surface area contributed by atoms with Gasteiger partial charge in [0, 0.05) is 12.1 Å². The number of amides is 1. The van der Waals surface area contributed by atoms with Crippen LogP contribution in [-0.2, 0) is 9.59 Å². The van der Waals surface area contributed by atoms with E-state index in [9.17, 15) is 14.7 Å². The molecule has 1 amide bonds. The van der Waals surface area contributed by atoms with Gasteiger partial charge in [-0.25, -0.2) is 0 Å². The first kappa shape index (κ1) is 27.0. The summed E-state index contributed by atoms with van der Waals surface area (Å²) in [5.74, 6) is 0.223. The molecular weight excluding hydrogens is 484 g/mol. The Morgan fingerprint density at radius 2 is 1.68 bits per heavy atom. The van der Waals surface area contributed by atoms with Crippen LogP contribution in [0.3, 0.4) is 0 Å². The van der Waals surface area contributed by atoms with E-state index in [1.807, 2.05) is 56.3 Å². The van der Waals surface area contributed by atoms with E-state index >= 15 is 0 Å². The van der Waals surface area contributed by atoms with Crippen molar-refractivity contribution in [1.82, 2.24) is 9.80 Å². The molecule has 0 radical (unpaired) electrons. The summed E-state index contributed by atoms with van der Waals surface area (Å²) in [4.78, 5) is 30.2. The minimum Gasteiger partial charge on any atom is -0.507 e. The number of carbonyl (C=O) groups excluding carboxylic acids is 2. The van der Waals surface area contributed by atoms with Gasteiger partial charge in [0.05, 0.1) is 32.4 Å². The van der Waals surface area contributed by atoms with Gasteiger partial charge >= 0.3 is 0 Å². The van der Waals surface area contributed by atoms with Gasteiger partial charge in [-0.3, -0.25) is 9.59 Å². The highest BCUT2D eigenvalue weighted by Gasteiger charge is 2.46. The molecule has 1 saturated heterocycles. The van der Waals surface area contributed by atoms with Gasteiger partial charge in [-0.05, 0) is 80.7 Å². The van der Waals surface area contributed by atoms with Crippen LogP contribution in [0.2, 0.25) is 0 Å². The highest BCUT2D eigenvalue weighted by molar-refractivity contribution is 6.46. The highest BCUT2D eigenvalue weighted by atomic mass is 16.5. The molecule has 0 aliphatic carbocycles. The van der Waals surface area contributed by atoms with Crippen molar-refractivity contribution >= 4 is 28.2 Å². The molecule has 0 aromatic heterocycles. The molecule has 1 atom stereocenters. The molecular formula is C30H34N2O6. The van der Waals surface area contributed by atoms with Crippen LogP contribution in [0, 0.1) is 0 Å². The number of likely N-dealkylation sites (tertiary alicyclic amines) is 1. The molecule has 200 valence electrons. The fourth-order valence-electron chi connectivity index (χ4n) is 4.80. The zero-order valence-corrected chi connectivity index (χ0v) is 22.5. The SMILES string of the molecule is CCOc1ccc(C2/C(=C(\O)c3ccc4cc(OC)ccc4c3)C(=O)C(=O)N2CCCN(C)C)cc1OC. The van der Waals surface area contributed by atoms with Gasteiger partial charge in [-0.2, -0.15) is 0 Å². The minimum absolute atomic E-state index is 0.0546. The topological polar surface area (TPSA) is 88.5 Å². The summed E-state index contributed by atoms with van der Waals surface area (Å²) in [5.41, 5.74) is 1.16. The predicted molar refractivity (Wildman–Crippen MR) is 147 cm³/mol. The normalized spacial score (nSPS) is 16.9. The van der Waals surface area contributed by atoms with Gasteiger partial charge in [0.25, 0.3) is 11.7 Å². The first-order chi connectivity index (χ1) is 18.3. The molecule has 4 rings (SSSR count). The van der Waals surface area contributed by atoms with E-state index in [0.29, 0.717) is 42.2 Å². The van der Waals surface area contributed by atoms with Crippen molar-refractivity contribution in [2.75, 3.05) is 48.0 Å². The van der Waals surface area contributed by atoms with Crippen LogP contribution in [0.1, 0.15) is 30.5 Å². The Labute approximate surface area is 223 Å². The number of aliphatic hydroxyl groups is 1. The fraction of sp³-hybridized carbons (Fsp3) is 0.333. The molecule has 1 unspecified atom stereocenters. The lowest BCUT2D eigenvalue weighted by Crippen LogP contribution is -2.32. The minimum atomic E-state index is -0.770. The summed E-state index contributed by atoms with van der Waals surface area (Å²) in [6.07, 6.45) is 0.669. The number of rotatable bonds is 10. The lowest BCUT2D eigenvalue weighted by molar-refractivity contribution is -0.139. The van der Waals surface area contributed by atoms with Crippen LogP contribution >= 0.6 is 0 Å². The first-order valence-electron chi connectivity index (χ1n) is 12.6. The van der Waals surface area contributed by atoms with Crippen molar-refractivity contribution in [2.24, 2.45) is 0 Å². The van der Waals surface area contributed by atoms with Gasteiger partial charge in [0.2, 0.25) is 0 Å². The second kappa shape index (κ2) is 11.6. The Morgan fingerprint density at radius 3 is 2.37 bits per heavy atom. The molecule has 0 spiro atoms. The Kier molecular flexibility index (Phi) is 8.22. The summed E-state index contributed by atoms with van der Waals surface area (Å²) in [6.45, 7) is 3.45. The zero-order chi connectivity index (χ0) is 27.4. The molecule has 1 N–H and O–H groups in total. The lowest BCUT2D eigenvalue weighted by atomic mass is 9.94. The summed E-state index contributed by atoms with van der Waals surface area (Å²) < 4.78 is 16.5. The number of nitrogens with zero attached hydrogens (tertiary/aromatic N) is 2. The standard InChI is InChI=1S/C30H34N2O6/c1-6-38-24-13-11-21(18-25(24)37-5)27-26(29(34)30(35)32(27)15-7-14-31(2)3)28(33)22-9-8-20-17-23(36-4)12-10-19(20)16-22/h8-13,16-18,27,33H,6-7,14-15H2,1-5H3/b28-26+. The van der Waals surface area contributed by atoms with E-state index in [0.717, 1.165) is 23.1 Å². The number of benzene rings is 3. The number of ketones is 1. The second-order valence-electron chi connectivity index (χ2n) is 9.42. The molecule has 1 fully saturated rings. The quantitative estimate of drug-likeness (QED) is 0.238. The van der Waals surface area contributed by atoms with Gasteiger partial charge < -0.3 is 29.1 Å². The average Bonchev–Trinajstić information content (AvgIpc) is 3.17. The molecule has 1 heterocycles. The third-order valence-corrected chi connectivity index (χ3v) is 6.67. The van der Waals surface area contributed by atoms with E-state index in [2.05, 4.69) is 0 Å². The maximum Gasteiger partial charge on any atom is 0.295 e. The number of ether oxygens (including phenoxy) is 3. The Hall–Kier alpha value is -4.04. The van der Waals surface area contributed by atoms with Crippen LogP contribution in [0.25, 0.3) is 16.5 Å². The van der Waals surface area contributed by atoms with Gasteiger partial charge in [0.1, 0.15) is 11.5 Å². The Bertz CT molecular complexity index is 1380. The van der Waals surface area contributed by atoms with E-state index in [1.54, 1.807) is 43.4 Å². The number of fused-ring (bicyclic) bond motifs is 1. The number of hydrogen-bond donors (Lipinski definition) is 1.